The average Bonchev–Trinajstić information content (AvgIpc) is 3.41. The standard InChI is InChI=1S/C20H19ClN2O2/c1-25-17-6-2-14(3-7-17)20(8-9-20)23-19(24)18-12-13-10-15(21)4-5-16(11-13)22-18/h2-7,10,12,22H,8-9,11H2,1H3,(H,23,24). The lowest BCUT2D eigenvalue weighted by molar-refractivity contribution is -0.118. The molecule has 1 aromatic carbocycles. The van der Waals surface area contributed by atoms with E-state index in [-0.39, 0.29) is 11.4 Å². The number of nitrogens with one attached hydrogen (secondary N) is 2. The molecule has 1 fully saturated rings. The van der Waals surface area contributed by atoms with Crippen molar-refractivity contribution in [3.8, 4) is 5.75 Å². The third kappa shape index (κ3) is 3.22. The summed E-state index contributed by atoms with van der Waals surface area (Å²) < 4.78 is 5.21. The van der Waals surface area contributed by atoms with Crippen molar-refractivity contribution in [2.24, 2.45) is 0 Å². The maximum Gasteiger partial charge on any atom is 0.268 e. The van der Waals surface area contributed by atoms with Crippen LogP contribution in [0.3, 0.4) is 0 Å². The Balaban J connectivity index is 1.53. The highest BCUT2D eigenvalue weighted by Gasteiger charge is 2.46. The van der Waals surface area contributed by atoms with Gasteiger partial charge in [0, 0.05) is 17.2 Å². The van der Waals surface area contributed by atoms with Crippen LogP contribution in [-0.4, -0.2) is 13.0 Å². The molecule has 1 heterocycles. The maximum atomic E-state index is 12.8. The Kier molecular flexibility index (Phi) is 3.92. The van der Waals surface area contributed by atoms with Crippen molar-refractivity contribution in [1.82, 2.24) is 10.6 Å². The summed E-state index contributed by atoms with van der Waals surface area (Å²) in [5.74, 6) is 0.720. The molecule has 1 amide bonds. The van der Waals surface area contributed by atoms with Gasteiger partial charge >= 0.3 is 0 Å². The summed E-state index contributed by atoms with van der Waals surface area (Å²) in [6.45, 7) is 0. The van der Waals surface area contributed by atoms with E-state index in [0.717, 1.165) is 41.8 Å². The van der Waals surface area contributed by atoms with Crippen LogP contribution in [0.4, 0.5) is 0 Å². The number of allylic oxidation sites excluding steroid dienone is 6. The van der Waals surface area contributed by atoms with Gasteiger partial charge in [-0.25, -0.2) is 0 Å². The molecule has 4 rings (SSSR count). The van der Waals surface area contributed by atoms with Crippen molar-refractivity contribution in [2.45, 2.75) is 24.8 Å². The van der Waals surface area contributed by atoms with Gasteiger partial charge in [0.05, 0.1) is 12.6 Å². The minimum absolute atomic E-state index is 0.0946. The molecule has 0 saturated heterocycles. The average molecular weight is 355 g/mol. The van der Waals surface area contributed by atoms with Crippen LogP contribution in [0, 0.1) is 0 Å². The van der Waals surface area contributed by atoms with E-state index in [2.05, 4.69) is 10.6 Å². The van der Waals surface area contributed by atoms with Crippen molar-refractivity contribution in [2.75, 3.05) is 7.11 Å². The lowest BCUT2D eigenvalue weighted by Gasteiger charge is -2.23. The fraction of sp³-hybridized carbons (Fsp3) is 0.250. The van der Waals surface area contributed by atoms with Crippen LogP contribution in [0.5, 0.6) is 5.75 Å². The van der Waals surface area contributed by atoms with E-state index in [1.54, 1.807) is 7.11 Å². The highest BCUT2D eigenvalue weighted by molar-refractivity contribution is 6.31. The van der Waals surface area contributed by atoms with E-state index >= 15 is 0 Å². The largest absolute Gasteiger partial charge is 0.497 e. The number of methoxy groups -OCH3 is 1. The monoisotopic (exact) mass is 354 g/mol. The van der Waals surface area contributed by atoms with Crippen molar-refractivity contribution in [3.05, 3.63) is 76.1 Å². The molecular weight excluding hydrogens is 336 g/mol. The molecule has 0 atom stereocenters. The van der Waals surface area contributed by atoms with Gasteiger partial charge in [-0.1, -0.05) is 23.7 Å². The van der Waals surface area contributed by atoms with Gasteiger partial charge in [-0.2, -0.15) is 0 Å². The van der Waals surface area contributed by atoms with Crippen LogP contribution in [0.25, 0.3) is 0 Å². The van der Waals surface area contributed by atoms with Gasteiger partial charge in [0.15, 0.2) is 0 Å². The van der Waals surface area contributed by atoms with Crippen LogP contribution in [0.15, 0.2) is 70.6 Å². The Bertz CT molecular complexity index is 843. The summed E-state index contributed by atoms with van der Waals surface area (Å²) >= 11 is 6.11. The first-order chi connectivity index (χ1) is 12.1. The molecule has 2 N–H and O–H groups in total. The zero-order chi connectivity index (χ0) is 17.4. The molecule has 3 aliphatic rings. The summed E-state index contributed by atoms with van der Waals surface area (Å²) in [6, 6.07) is 7.89. The number of halogens is 1. The minimum atomic E-state index is -0.271. The molecular formula is C20H19ClN2O2. The number of ether oxygens (including phenoxy) is 1. The Morgan fingerprint density at radius 1 is 1.20 bits per heavy atom. The van der Waals surface area contributed by atoms with Crippen LogP contribution < -0.4 is 15.4 Å². The van der Waals surface area contributed by atoms with Gasteiger partial charge in [-0.3, -0.25) is 4.79 Å². The molecule has 25 heavy (non-hydrogen) atoms. The number of hydrogen-bond acceptors (Lipinski definition) is 3. The molecule has 1 aromatic rings. The topological polar surface area (TPSA) is 50.4 Å². The molecule has 2 bridgehead atoms. The third-order valence-corrected chi connectivity index (χ3v) is 5.01. The molecule has 1 saturated carbocycles. The van der Waals surface area contributed by atoms with E-state index in [0.29, 0.717) is 10.7 Å². The predicted molar refractivity (Wildman–Crippen MR) is 98.0 cm³/mol. The second-order valence-corrected chi connectivity index (χ2v) is 7.02. The fourth-order valence-electron chi connectivity index (χ4n) is 3.24. The number of fused-ring (bicyclic) bond motifs is 2. The SMILES string of the molecule is COc1ccc(C2(NC(=O)C3=CC4=CC(Cl)=CC=C(C4)N3)CC2)cc1. The summed E-state index contributed by atoms with van der Waals surface area (Å²) in [6.07, 6.45) is 10.2. The Morgan fingerprint density at radius 2 is 1.96 bits per heavy atom. The zero-order valence-electron chi connectivity index (χ0n) is 13.9. The summed E-state index contributed by atoms with van der Waals surface area (Å²) in [5, 5.41) is 7.08. The lowest BCUT2D eigenvalue weighted by atomic mass is 10.0. The van der Waals surface area contributed by atoms with E-state index in [9.17, 15) is 4.79 Å². The number of carbonyl (C=O) groups excluding carboxylic acids is 1. The Morgan fingerprint density at radius 3 is 2.64 bits per heavy atom. The molecule has 0 aromatic heterocycles. The maximum absolute atomic E-state index is 12.8. The number of rotatable bonds is 4. The Hall–Kier alpha value is -2.46. The summed E-state index contributed by atoms with van der Waals surface area (Å²) in [7, 11) is 1.65. The number of benzene rings is 1. The second-order valence-electron chi connectivity index (χ2n) is 6.59. The summed E-state index contributed by atoms with van der Waals surface area (Å²) in [4.78, 5) is 12.8. The summed E-state index contributed by atoms with van der Waals surface area (Å²) in [5.41, 5.74) is 3.40. The predicted octanol–water partition coefficient (Wildman–Crippen LogP) is 3.62. The van der Waals surface area contributed by atoms with Crippen molar-refractivity contribution in [1.29, 1.82) is 0 Å². The van der Waals surface area contributed by atoms with Crippen LogP contribution in [0.2, 0.25) is 0 Å². The van der Waals surface area contributed by atoms with Gasteiger partial charge in [-0.15, -0.1) is 0 Å². The van der Waals surface area contributed by atoms with Crippen molar-refractivity contribution in [3.63, 3.8) is 0 Å². The third-order valence-electron chi connectivity index (χ3n) is 4.78. The molecule has 2 aliphatic carbocycles. The van der Waals surface area contributed by atoms with E-state index in [1.165, 1.54) is 0 Å². The number of carbonyl (C=O) groups is 1. The van der Waals surface area contributed by atoms with E-state index in [1.807, 2.05) is 48.6 Å². The van der Waals surface area contributed by atoms with E-state index in [4.69, 9.17) is 16.3 Å². The Labute approximate surface area is 151 Å². The molecule has 1 aliphatic heterocycles. The minimum Gasteiger partial charge on any atom is -0.497 e. The highest BCUT2D eigenvalue weighted by Crippen LogP contribution is 2.46. The van der Waals surface area contributed by atoms with Gasteiger partial charge in [0.25, 0.3) is 5.91 Å². The van der Waals surface area contributed by atoms with Gasteiger partial charge in [0.1, 0.15) is 11.4 Å². The fourth-order valence-corrected chi connectivity index (χ4v) is 3.44. The van der Waals surface area contributed by atoms with Crippen molar-refractivity contribution < 1.29 is 9.53 Å². The molecule has 128 valence electrons. The van der Waals surface area contributed by atoms with Gasteiger partial charge in [0.2, 0.25) is 0 Å². The molecule has 0 unspecified atom stereocenters. The number of hydrogen-bond donors (Lipinski definition) is 2. The van der Waals surface area contributed by atoms with Crippen LogP contribution in [-0.2, 0) is 10.3 Å². The lowest BCUT2D eigenvalue weighted by Crippen LogP contribution is -2.39. The first-order valence-corrected chi connectivity index (χ1v) is 8.68. The van der Waals surface area contributed by atoms with Gasteiger partial charge in [-0.05, 0) is 60.4 Å². The van der Waals surface area contributed by atoms with Crippen LogP contribution >= 0.6 is 11.6 Å². The molecule has 0 spiro atoms. The first-order valence-electron chi connectivity index (χ1n) is 8.31. The van der Waals surface area contributed by atoms with Crippen LogP contribution in [0.1, 0.15) is 24.8 Å². The second kappa shape index (κ2) is 6.12. The molecule has 5 heteroatoms. The quantitative estimate of drug-likeness (QED) is 0.868. The highest BCUT2D eigenvalue weighted by atomic mass is 35.5. The smallest absolute Gasteiger partial charge is 0.268 e. The zero-order valence-corrected chi connectivity index (χ0v) is 14.7. The molecule has 4 nitrogen and oxygen atoms in total. The normalized spacial score (nSPS) is 20.1. The van der Waals surface area contributed by atoms with Crippen molar-refractivity contribution >= 4 is 17.5 Å². The number of amides is 1. The van der Waals surface area contributed by atoms with Gasteiger partial charge < -0.3 is 15.4 Å². The first kappa shape index (κ1) is 16.0. The molecule has 0 radical (unpaired) electrons. The van der Waals surface area contributed by atoms with E-state index < -0.39 is 0 Å².